The van der Waals surface area contributed by atoms with Crippen LogP contribution in [0.3, 0.4) is 0 Å². The Bertz CT molecular complexity index is 450. The molecular weight excluding hydrogens is 210 g/mol. The molecule has 1 aromatic heterocycles. The Kier molecular flexibility index (Phi) is 3.89. The summed E-state index contributed by atoms with van der Waals surface area (Å²) in [5.74, 6) is 0.515. The van der Waals surface area contributed by atoms with Gasteiger partial charge in [0.05, 0.1) is 5.56 Å². The van der Waals surface area contributed by atoms with Crippen molar-refractivity contribution in [3.8, 4) is 0 Å². The summed E-state index contributed by atoms with van der Waals surface area (Å²) in [7, 11) is 3.06. The van der Waals surface area contributed by atoms with Gasteiger partial charge < -0.3 is 10.4 Å². The number of nitrogens with zero attached hydrogens (tertiary/aromatic N) is 2. The number of aliphatic hydroxyl groups excluding tert-OH is 1. The Labute approximate surface area is 93.1 Å². The van der Waals surface area contributed by atoms with E-state index >= 15 is 0 Å². The molecule has 0 atom stereocenters. The van der Waals surface area contributed by atoms with Crippen LogP contribution in [0.1, 0.15) is 12.0 Å². The van der Waals surface area contributed by atoms with Crippen molar-refractivity contribution in [2.45, 2.75) is 13.3 Å². The summed E-state index contributed by atoms with van der Waals surface area (Å²) >= 11 is 0. The van der Waals surface area contributed by atoms with Crippen molar-refractivity contribution in [1.29, 1.82) is 0 Å². The van der Waals surface area contributed by atoms with Crippen LogP contribution in [-0.2, 0) is 14.1 Å². The van der Waals surface area contributed by atoms with Crippen LogP contribution in [0, 0.1) is 6.92 Å². The van der Waals surface area contributed by atoms with Gasteiger partial charge in [0.25, 0.3) is 5.56 Å². The van der Waals surface area contributed by atoms with Gasteiger partial charge in [0.2, 0.25) is 0 Å². The van der Waals surface area contributed by atoms with E-state index in [1.165, 1.54) is 11.6 Å². The smallest absolute Gasteiger partial charge is 0.332 e. The third-order valence-corrected chi connectivity index (χ3v) is 2.52. The van der Waals surface area contributed by atoms with E-state index in [2.05, 4.69) is 5.32 Å². The van der Waals surface area contributed by atoms with E-state index in [-0.39, 0.29) is 17.9 Å². The number of nitrogens with one attached hydrogen (secondary N) is 1. The molecule has 1 heterocycles. The van der Waals surface area contributed by atoms with Gasteiger partial charge in [0.15, 0.2) is 0 Å². The van der Waals surface area contributed by atoms with Crippen LogP contribution < -0.4 is 16.6 Å². The summed E-state index contributed by atoms with van der Waals surface area (Å²) in [6, 6.07) is 0. The highest BCUT2D eigenvalue weighted by Gasteiger charge is 2.10. The highest BCUT2D eigenvalue weighted by Crippen LogP contribution is 2.05. The largest absolute Gasteiger partial charge is 0.396 e. The monoisotopic (exact) mass is 227 g/mol. The molecular formula is C10H17N3O3. The second-order valence-corrected chi connectivity index (χ2v) is 3.68. The van der Waals surface area contributed by atoms with Crippen molar-refractivity contribution in [3.63, 3.8) is 0 Å². The van der Waals surface area contributed by atoms with E-state index in [4.69, 9.17) is 5.11 Å². The first kappa shape index (κ1) is 12.5. The van der Waals surface area contributed by atoms with E-state index in [0.29, 0.717) is 24.3 Å². The quantitative estimate of drug-likeness (QED) is 0.659. The fraction of sp³-hybridized carbons (Fsp3) is 0.600. The summed E-state index contributed by atoms with van der Waals surface area (Å²) in [6.07, 6.45) is 0.572. The lowest BCUT2D eigenvalue weighted by Gasteiger charge is -2.14. The Balaban J connectivity index is 3.19. The minimum absolute atomic E-state index is 0.0742. The zero-order valence-electron chi connectivity index (χ0n) is 9.78. The van der Waals surface area contributed by atoms with Crippen molar-refractivity contribution in [1.82, 2.24) is 9.13 Å². The van der Waals surface area contributed by atoms with Gasteiger partial charge in [-0.05, 0) is 13.3 Å². The predicted molar refractivity (Wildman–Crippen MR) is 61.9 cm³/mol. The molecule has 0 saturated heterocycles. The maximum Gasteiger partial charge on any atom is 0.332 e. The molecule has 0 unspecified atom stereocenters. The minimum atomic E-state index is -0.359. The number of aliphatic hydroxyl groups is 1. The molecule has 6 nitrogen and oxygen atoms in total. The first-order chi connectivity index (χ1) is 7.50. The minimum Gasteiger partial charge on any atom is -0.396 e. The van der Waals surface area contributed by atoms with Gasteiger partial charge in [-0.25, -0.2) is 4.79 Å². The predicted octanol–water partition coefficient (Wildman–Crippen LogP) is -0.813. The standard InChI is InChI=1S/C10H17N3O3/c1-7-8(11-5-4-6-14)12(2)10(16)13(3)9(7)15/h11,14H,4-6H2,1-3H3. The molecule has 0 amide bonds. The van der Waals surface area contributed by atoms with E-state index in [1.54, 1.807) is 14.0 Å². The van der Waals surface area contributed by atoms with Crippen molar-refractivity contribution in [2.75, 3.05) is 18.5 Å². The van der Waals surface area contributed by atoms with Crippen LogP contribution in [0.2, 0.25) is 0 Å². The second kappa shape index (κ2) is 4.98. The first-order valence-corrected chi connectivity index (χ1v) is 5.12. The lowest BCUT2D eigenvalue weighted by atomic mass is 10.3. The summed E-state index contributed by atoms with van der Waals surface area (Å²) in [4.78, 5) is 23.3. The average molecular weight is 227 g/mol. The average Bonchev–Trinajstić information content (AvgIpc) is 2.28. The molecule has 0 aromatic carbocycles. The van der Waals surface area contributed by atoms with Crippen molar-refractivity contribution in [3.05, 3.63) is 26.4 Å². The van der Waals surface area contributed by atoms with Gasteiger partial charge in [0.1, 0.15) is 5.82 Å². The van der Waals surface area contributed by atoms with Gasteiger partial charge in [-0.1, -0.05) is 0 Å². The fourth-order valence-corrected chi connectivity index (χ4v) is 1.55. The van der Waals surface area contributed by atoms with Gasteiger partial charge in [-0.2, -0.15) is 0 Å². The van der Waals surface area contributed by atoms with E-state index < -0.39 is 0 Å². The maximum absolute atomic E-state index is 11.7. The van der Waals surface area contributed by atoms with Crippen LogP contribution in [0.5, 0.6) is 0 Å². The molecule has 1 aromatic rings. The highest BCUT2D eigenvalue weighted by atomic mass is 16.3. The number of anilines is 1. The van der Waals surface area contributed by atoms with Gasteiger partial charge in [-0.3, -0.25) is 13.9 Å². The van der Waals surface area contributed by atoms with Crippen LogP contribution in [0.25, 0.3) is 0 Å². The van der Waals surface area contributed by atoms with Crippen molar-refractivity contribution < 1.29 is 5.11 Å². The topological polar surface area (TPSA) is 76.3 Å². The molecule has 0 radical (unpaired) electrons. The van der Waals surface area contributed by atoms with E-state index in [1.807, 2.05) is 0 Å². The third kappa shape index (κ3) is 2.16. The van der Waals surface area contributed by atoms with Crippen LogP contribution in [0.4, 0.5) is 5.82 Å². The Morgan fingerprint density at radius 1 is 1.25 bits per heavy atom. The number of aromatic nitrogens is 2. The molecule has 1 rings (SSSR count). The molecule has 0 aliphatic heterocycles. The van der Waals surface area contributed by atoms with Crippen LogP contribution >= 0.6 is 0 Å². The normalized spacial score (nSPS) is 10.5. The molecule has 90 valence electrons. The Morgan fingerprint density at radius 3 is 2.44 bits per heavy atom. The zero-order valence-corrected chi connectivity index (χ0v) is 9.78. The van der Waals surface area contributed by atoms with Gasteiger partial charge >= 0.3 is 5.69 Å². The van der Waals surface area contributed by atoms with E-state index in [9.17, 15) is 9.59 Å². The summed E-state index contributed by atoms with van der Waals surface area (Å²) < 4.78 is 2.47. The lowest BCUT2D eigenvalue weighted by Crippen LogP contribution is -2.39. The number of hydrogen-bond acceptors (Lipinski definition) is 4. The molecule has 0 aliphatic rings. The van der Waals surface area contributed by atoms with Crippen LogP contribution in [0.15, 0.2) is 9.59 Å². The molecule has 0 spiro atoms. The first-order valence-electron chi connectivity index (χ1n) is 5.12. The number of hydrogen-bond donors (Lipinski definition) is 2. The van der Waals surface area contributed by atoms with Gasteiger partial charge in [0, 0.05) is 27.2 Å². The van der Waals surface area contributed by atoms with Gasteiger partial charge in [-0.15, -0.1) is 0 Å². The number of rotatable bonds is 4. The molecule has 0 saturated carbocycles. The van der Waals surface area contributed by atoms with E-state index in [0.717, 1.165) is 4.57 Å². The fourth-order valence-electron chi connectivity index (χ4n) is 1.55. The molecule has 16 heavy (non-hydrogen) atoms. The maximum atomic E-state index is 11.7. The molecule has 6 heteroatoms. The highest BCUT2D eigenvalue weighted by molar-refractivity contribution is 5.42. The Morgan fingerprint density at radius 2 is 1.88 bits per heavy atom. The van der Waals surface area contributed by atoms with Crippen LogP contribution in [-0.4, -0.2) is 27.4 Å². The molecule has 0 fully saturated rings. The van der Waals surface area contributed by atoms with Crippen molar-refractivity contribution >= 4 is 5.82 Å². The Hall–Kier alpha value is -1.56. The SMILES string of the molecule is Cc1c(NCCCO)n(C)c(=O)n(C)c1=O. The summed E-state index contributed by atoms with van der Waals surface area (Å²) in [5.41, 5.74) is -0.153. The summed E-state index contributed by atoms with van der Waals surface area (Å²) in [5, 5.41) is 11.6. The van der Waals surface area contributed by atoms with Crippen molar-refractivity contribution in [2.24, 2.45) is 14.1 Å². The summed E-state index contributed by atoms with van der Waals surface area (Å²) in [6.45, 7) is 2.27. The molecule has 0 aliphatic carbocycles. The molecule has 0 bridgehead atoms. The second-order valence-electron chi connectivity index (χ2n) is 3.68. The zero-order chi connectivity index (χ0) is 12.3. The lowest BCUT2D eigenvalue weighted by molar-refractivity contribution is 0.292. The molecule has 2 N–H and O–H groups in total. The third-order valence-electron chi connectivity index (χ3n) is 2.52.